The molecular formula is C16H31N2O3S+. The lowest BCUT2D eigenvalue weighted by molar-refractivity contribution is -0.703. The lowest BCUT2D eigenvalue weighted by Gasteiger charge is -2.13. The van der Waals surface area contributed by atoms with E-state index in [0.29, 0.717) is 6.26 Å². The van der Waals surface area contributed by atoms with Gasteiger partial charge in [-0.1, -0.05) is 26.7 Å². The second-order valence-corrected chi connectivity index (χ2v) is 7.26. The standard InChI is InChI=1S/C15H27N2.CH4O3S/c1-5-7-8-14(6-2)13-17-11-9-15(10-12-17)16(3)4;1-5(2,3)4/h9-12,14H,5-8,13H2,1-4H3;1H3,(H,2,3,4)/q+1;. The average molecular weight is 332 g/mol. The van der Waals surface area contributed by atoms with Crippen molar-refractivity contribution in [2.45, 2.75) is 46.1 Å². The monoisotopic (exact) mass is 331 g/mol. The topological polar surface area (TPSA) is 61.5 Å². The summed E-state index contributed by atoms with van der Waals surface area (Å²) in [7, 11) is 0.492. The fourth-order valence-electron chi connectivity index (χ4n) is 2.08. The predicted molar refractivity (Wildman–Crippen MR) is 91.7 cm³/mol. The number of nitrogens with zero attached hydrogens (tertiary/aromatic N) is 2. The SMILES string of the molecule is CCCCC(CC)C[n+]1ccc(N(C)C)cc1.CS(=O)(=O)O. The molecule has 0 amide bonds. The third kappa shape index (κ3) is 11.5. The first-order valence-corrected chi connectivity index (χ1v) is 9.61. The van der Waals surface area contributed by atoms with Gasteiger partial charge in [0.1, 0.15) is 0 Å². The van der Waals surface area contributed by atoms with E-state index in [1.54, 1.807) is 0 Å². The van der Waals surface area contributed by atoms with Crippen LogP contribution in [0.25, 0.3) is 0 Å². The summed E-state index contributed by atoms with van der Waals surface area (Å²) in [4.78, 5) is 2.14. The summed E-state index contributed by atoms with van der Waals surface area (Å²) in [6.07, 6.45) is 10.4. The van der Waals surface area contributed by atoms with Gasteiger partial charge in [0.05, 0.1) is 6.26 Å². The Kier molecular flexibility index (Phi) is 10.0. The van der Waals surface area contributed by atoms with Crippen LogP contribution in [-0.4, -0.2) is 33.3 Å². The van der Waals surface area contributed by atoms with Crippen LogP contribution in [0.4, 0.5) is 5.69 Å². The molecule has 0 radical (unpaired) electrons. The molecule has 0 fully saturated rings. The minimum absolute atomic E-state index is 0.715. The van der Waals surface area contributed by atoms with Crippen molar-refractivity contribution >= 4 is 15.8 Å². The van der Waals surface area contributed by atoms with Crippen molar-refractivity contribution in [2.75, 3.05) is 25.3 Å². The molecule has 0 aromatic carbocycles. The van der Waals surface area contributed by atoms with Gasteiger partial charge in [-0.25, -0.2) is 4.57 Å². The molecule has 0 saturated carbocycles. The second kappa shape index (κ2) is 10.6. The number of hydrogen-bond donors (Lipinski definition) is 1. The van der Waals surface area contributed by atoms with Crippen LogP contribution in [-0.2, 0) is 16.7 Å². The maximum Gasteiger partial charge on any atom is 0.261 e. The molecule has 1 aromatic rings. The van der Waals surface area contributed by atoms with Gasteiger partial charge < -0.3 is 4.90 Å². The first-order valence-electron chi connectivity index (χ1n) is 7.76. The van der Waals surface area contributed by atoms with E-state index >= 15 is 0 Å². The molecule has 128 valence electrons. The minimum Gasteiger partial charge on any atom is -0.377 e. The fraction of sp³-hybridized carbons (Fsp3) is 0.688. The summed E-state index contributed by atoms with van der Waals surface area (Å²) in [6.45, 7) is 5.73. The quantitative estimate of drug-likeness (QED) is 0.616. The van der Waals surface area contributed by atoms with E-state index in [9.17, 15) is 8.42 Å². The summed E-state index contributed by atoms with van der Waals surface area (Å²) in [5.74, 6) is 0.824. The molecule has 5 nitrogen and oxygen atoms in total. The molecule has 0 aliphatic rings. The number of hydrogen-bond acceptors (Lipinski definition) is 3. The molecule has 1 unspecified atom stereocenters. The Bertz CT molecular complexity index is 491. The summed E-state index contributed by atoms with van der Waals surface area (Å²) in [5.41, 5.74) is 1.27. The Morgan fingerprint density at radius 1 is 1.23 bits per heavy atom. The van der Waals surface area contributed by atoms with Crippen molar-refractivity contribution < 1.29 is 17.5 Å². The maximum absolute atomic E-state index is 9.19. The summed E-state index contributed by atoms with van der Waals surface area (Å²) >= 11 is 0. The highest BCUT2D eigenvalue weighted by atomic mass is 32.2. The van der Waals surface area contributed by atoms with E-state index in [4.69, 9.17) is 4.55 Å². The lowest BCUT2D eigenvalue weighted by Crippen LogP contribution is -2.36. The van der Waals surface area contributed by atoms with Gasteiger partial charge in [0.15, 0.2) is 18.9 Å². The fourth-order valence-corrected chi connectivity index (χ4v) is 2.08. The zero-order valence-corrected chi connectivity index (χ0v) is 15.3. The molecule has 0 spiro atoms. The maximum atomic E-state index is 9.19. The zero-order valence-electron chi connectivity index (χ0n) is 14.5. The van der Waals surface area contributed by atoms with Gasteiger partial charge in [0, 0.05) is 37.8 Å². The number of anilines is 1. The van der Waals surface area contributed by atoms with Crippen LogP contribution >= 0.6 is 0 Å². The molecule has 0 aliphatic carbocycles. The summed E-state index contributed by atoms with van der Waals surface area (Å²) in [6, 6.07) is 4.37. The average Bonchev–Trinajstić information content (AvgIpc) is 2.42. The molecule has 0 saturated heterocycles. The summed E-state index contributed by atoms with van der Waals surface area (Å²) in [5, 5.41) is 0. The lowest BCUT2D eigenvalue weighted by atomic mass is 9.99. The van der Waals surface area contributed by atoms with Crippen LogP contribution in [0, 0.1) is 5.92 Å². The molecule has 1 heterocycles. The molecule has 1 atom stereocenters. The van der Waals surface area contributed by atoms with Gasteiger partial charge in [0.2, 0.25) is 0 Å². The highest BCUT2D eigenvalue weighted by Gasteiger charge is 2.11. The predicted octanol–water partition coefficient (Wildman–Crippen LogP) is 2.76. The Hall–Kier alpha value is -1.14. The number of aromatic nitrogens is 1. The zero-order chi connectivity index (χ0) is 17.2. The molecule has 0 bridgehead atoms. The third-order valence-corrected chi connectivity index (χ3v) is 3.40. The summed E-state index contributed by atoms with van der Waals surface area (Å²) < 4.78 is 28.2. The van der Waals surface area contributed by atoms with Crippen LogP contribution < -0.4 is 9.47 Å². The van der Waals surface area contributed by atoms with Gasteiger partial charge in [-0.3, -0.25) is 4.55 Å². The third-order valence-electron chi connectivity index (χ3n) is 3.40. The van der Waals surface area contributed by atoms with E-state index in [1.165, 1.54) is 31.4 Å². The van der Waals surface area contributed by atoms with Gasteiger partial charge in [-0.2, -0.15) is 8.42 Å². The first-order chi connectivity index (χ1) is 10.2. The van der Waals surface area contributed by atoms with E-state index in [0.717, 1.165) is 12.5 Å². The van der Waals surface area contributed by atoms with Crippen molar-refractivity contribution in [3.8, 4) is 0 Å². The van der Waals surface area contributed by atoms with E-state index in [1.807, 2.05) is 0 Å². The Balaban J connectivity index is 0.000000763. The molecule has 1 N–H and O–H groups in total. The van der Waals surface area contributed by atoms with Crippen molar-refractivity contribution in [2.24, 2.45) is 5.92 Å². The molecule has 6 heteroatoms. The molecular weight excluding hydrogens is 300 g/mol. The number of unbranched alkanes of at least 4 members (excludes halogenated alkanes) is 1. The van der Waals surface area contributed by atoms with Crippen molar-refractivity contribution in [1.82, 2.24) is 0 Å². The van der Waals surface area contributed by atoms with Crippen LogP contribution in [0.2, 0.25) is 0 Å². The van der Waals surface area contributed by atoms with Crippen molar-refractivity contribution in [3.63, 3.8) is 0 Å². The highest BCUT2D eigenvalue weighted by molar-refractivity contribution is 7.85. The highest BCUT2D eigenvalue weighted by Crippen LogP contribution is 2.13. The molecule has 1 aromatic heterocycles. The Morgan fingerprint density at radius 3 is 2.09 bits per heavy atom. The largest absolute Gasteiger partial charge is 0.377 e. The Labute approximate surface area is 135 Å². The number of pyridine rings is 1. The van der Waals surface area contributed by atoms with Crippen molar-refractivity contribution in [1.29, 1.82) is 0 Å². The van der Waals surface area contributed by atoms with Gasteiger partial charge in [0.25, 0.3) is 10.1 Å². The molecule has 22 heavy (non-hydrogen) atoms. The Morgan fingerprint density at radius 2 is 1.73 bits per heavy atom. The van der Waals surface area contributed by atoms with Crippen LogP contribution in [0.5, 0.6) is 0 Å². The van der Waals surface area contributed by atoms with Gasteiger partial charge in [-0.05, 0) is 12.8 Å². The van der Waals surface area contributed by atoms with E-state index < -0.39 is 10.1 Å². The minimum atomic E-state index is -3.67. The normalized spacial score (nSPS) is 12.3. The second-order valence-electron chi connectivity index (χ2n) is 5.80. The first kappa shape index (κ1) is 20.9. The van der Waals surface area contributed by atoms with Crippen LogP contribution in [0.1, 0.15) is 39.5 Å². The van der Waals surface area contributed by atoms with Crippen LogP contribution in [0.3, 0.4) is 0 Å². The van der Waals surface area contributed by atoms with E-state index in [-0.39, 0.29) is 0 Å². The van der Waals surface area contributed by atoms with E-state index in [2.05, 4.69) is 61.9 Å². The van der Waals surface area contributed by atoms with Crippen LogP contribution in [0.15, 0.2) is 24.5 Å². The molecule has 0 aliphatic heterocycles. The smallest absolute Gasteiger partial charge is 0.261 e. The molecule has 1 rings (SSSR count). The number of rotatable bonds is 7. The van der Waals surface area contributed by atoms with Gasteiger partial charge in [-0.15, -0.1) is 0 Å². The van der Waals surface area contributed by atoms with Gasteiger partial charge >= 0.3 is 0 Å². The van der Waals surface area contributed by atoms with Crippen molar-refractivity contribution in [3.05, 3.63) is 24.5 Å².